The van der Waals surface area contributed by atoms with Crippen LogP contribution in [0.25, 0.3) is 0 Å². The Balaban J connectivity index is 2.39. The lowest BCUT2D eigenvalue weighted by Gasteiger charge is -2.32. The second kappa shape index (κ2) is 5.76. The zero-order valence-corrected chi connectivity index (χ0v) is 10.7. The fourth-order valence-corrected chi connectivity index (χ4v) is 2.90. The molecule has 1 heterocycles. The summed E-state index contributed by atoms with van der Waals surface area (Å²) in [5.74, 6) is -0.540. The summed E-state index contributed by atoms with van der Waals surface area (Å²) in [6.07, 6.45) is 3.15. The van der Waals surface area contributed by atoms with E-state index >= 15 is 0 Å². The SMILES string of the molecule is CN1CCCCC(CN)C1c1cc(F)ccc1F. The molecule has 1 aromatic carbocycles. The predicted octanol–water partition coefficient (Wildman–Crippen LogP) is 2.70. The Morgan fingerprint density at radius 1 is 1.33 bits per heavy atom. The standard InChI is InChI=1S/C14H20F2N2/c1-18-7-3-2-4-10(9-17)14(18)12-8-11(15)5-6-13(12)16/h5-6,8,10,14H,2-4,7,9,17H2,1H3. The van der Waals surface area contributed by atoms with Crippen molar-refractivity contribution in [2.45, 2.75) is 25.3 Å². The van der Waals surface area contributed by atoms with Gasteiger partial charge in [-0.3, -0.25) is 4.90 Å². The molecule has 0 radical (unpaired) electrons. The zero-order valence-electron chi connectivity index (χ0n) is 10.7. The summed E-state index contributed by atoms with van der Waals surface area (Å²) in [5.41, 5.74) is 6.25. The zero-order chi connectivity index (χ0) is 13.1. The quantitative estimate of drug-likeness (QED) is 0.879. The van der Waals surface area contributed by atoms with Crippen molar-refractivity contribution in [2.24, 2.45) is 11.7 Å². The van der Waals surface area contributed by atoms with Gasteiger partial charge < -0.3 is 5.73 Å². The maximum atomic E-state index is 13.9. The van der Waals surface area contributed by atoms with Crippen molar-refractivity contribution in [3.05, 3.63) is 35.4 Å². The van der Waals surface area contributed by atoms with Crippen molar-refractivity contribution < 1.29 is 8.78 Å². The minimum absolute atomic E-state index is 0.117. The Hall–Kier alpha value is -1.00. The molecule has 1 fully saturated rings. The van der Waals surface area contributed by atoms with Gasteiger partial charge in [0.1, 0.15) is 11.6 Å². The highest BCUT2D eigenvalue weighted by Crippen LogP contribution is 2.35. The van der Waals surface area contributed by atoms with Crippen molar-refractivity contribution >= 4 is 0 Å². The third-order valence-corrected chi connectivity index (χ3v) is 3.84. The van der Waals surface area contributed by atoms with Gasteiger partial charge >= 0.3 is 0 Å². The average Bonchev–Trinajstić information content (AvgIpc) is 2.54. The molecule has 1 aliphatic heterocycles. The fourth-order valence-electron chi connectivity index (χ4n) is 2.90. The molecule has 1 saturated heterocycles. The Morgan fingerprint density at radius 2 is 2.11 bits per heavy atom. The molecule has 18 heavy (non-hydrogen) atoms. The average molecular weight is 254 g/mol. The first-order chi connectivity index (χ1) is 8.63. The first-order valence-electron chi connectivity index (χ1n) is 6.48. The molecule has 1 aliphatic rings. The topological polar surface area (TPSA) is 29.3 Å². The van der Waals surface area contributed by atoms with Gasteiger partial charge in [-0.25, -0.2) is 8.78 Å². The number of hydrogen-bond donors (Lipinski definition) is 1. The highest BCUT2D eigenvalue weighted by atomic mass is 19.1. The van der Waals surface area contributed by atoms with E-state index in [1.165, 1.54) is 12.1 Å². The van der Waals surface area contributed by atoms with E-state index < -0.39 is 0 Å². The van der Waals surface area contributed by atoms with Crippen LogP contribution in [0.15, 0.2) is 18.2 Å². The van der Waals surface area contributed by atoms with Gasteiger partial charge in [-0.05, 0) is 57.1 Å². The molecule has 1 aromatic rings. The number of rotatable bonds is 2. The van der Waals surface area contributed by atoms with Crippen LogP contribution in [0, 0.1) is 17.6 Å². The summed E-state index contributed by atoms with van der Waals surface area (Å²) in [4.78, 5) is 2.10. The molecule has 0 spiro atoms. The summed E-state index contributed by atoms with van der Waals surface area (Å²) >= 11 is 0. The van der Waals surface area contributed by atoms with Gasteiger partial charge in [0.25, 0.3) is 0 Å². The Labute approximate surface area is 107 Å². The summed E-state index contributed by atoms with van der Waals surface area (Å²) in [6.45, 7) is 1.40. The molecular weight excluding hydrogens is 234 g/mol. The lowest BCUT2D eigenvalue weighted by Crippen LogP contribution is -2.33. The molecule has 0 saturated carbocycles. The van der Waals surface area contributed by atoms with E-state index in [0.717, 1.165) is 31.9 Å². The second-order valence-corrected chi connectivity index (χ2v) is 5.08. The van der Waals surface area contributed by atoms with E-state index in [9.17, 15) is 8.78 Å². The lowest BCUT2D eigenvalue weighted by molar-refractivity contribution is 0.191. The highest BCUT2D eigenvalue weighted by molar-refractivity contribution is 5.23. The van der Waals surface area contributed by atoms with Gasteiger partial charge in [0.2, 0.25) is 0 Å². The van der Waals surface area contributed by atoms with Gasteiger partial charge in [-0.2, -0.15) is 0 Å². The van der Waals surface area contributed by atoms with Crippen LogP contribution in [-0.2, 0) is 0 Å². The number of halogens is 2. The molecule has 0 aliphatic carbocycles. The molecule has 2 nitrogen and oxygen atoms in total. The molecule has 2 atom stereocenters. The first kappa shape index (κ1) is 13.4. The third-order valence-electron chi connectivity index (χ3n) is 3.84. The maximum absolute atomic E-state index is 13.9. The van der Waals surface area contributed by atoms with Crippen LogP contribution in [0.2, 0.25) is 0 Å². The third kappa shape index (κ3) is 2.70. The van der Waals surface area contributed by atoms with Crippen molar-refractivity contribution in [2.75, 3.05) is 20.1 Å². The van der Waals surface area contributed by atoms with Gasteiger partial charge in [0.05, 0.1) is 0 Å². The largest absolute Gasteiger partial charge is 0.330 e. The van der Waals surface area contributed by atoms with E-state index in [4.69, 9.17) is 5.73 Å². The Kier molecular flexibility index (Phi) is 4.30. The van der Waals surface area contributed by atoms with Gasteiger partial charge in [-0.15, -0.1) is 0 Å². The minimum atomic E-state index is -0.389. The molecule has 0 aromatic heterocycles. The normalized spacial score (nSPS) is 26.0. The highest BCUT2D eigenvalue weighted by Gasteiger charge is 2.30. The first-order valence-corrected chi connectivity index (χ1v) is 6.48. The molecule has 2 rings (SSSR count). The number of nitrogens with zero attached hydrogens (tertiary/aromatic N) is 1. The smallest absolute Gasteiger partial charge is 0.128 e. The molecule has 2 unspecified atom stereocenters. The van der Waals surface area contributed by atoms with Crippen LogP contribution in [-0.4, -0.2) is 25.0 Å². The van der Waals surface area contributed by atoms with Gasteiger partial charge in [0, 0.05) is 11.6 Å². The molecule has 0 amide bonds. The summed E-state index contributed by atoms with van der Waals surface area (Å²) < 4.78 is 27.3. The van der Waals surface area contributed by atoms with Crippen molar-refractivity contribution in [1.82, 2.24) is 4.90 Å². The summed E-state index contributed by atoms with van der Waals surface area (Å²) in [7, 11) is 1.96. The van der Waals surface area contributed by atoms with Crippen molar-refractivity contribution in [1.29, 1.82) is 0 Å². The lowest BCUT2D eigenvalue weighted by atomic mass is 9.89. The maximum Gasteiger partial charge on any atom is 0.128 e. The van der Waals surface area contributed by atoms with Crippen LogP contribution >= 0.6 is 0 Å². The van der Waals surface area contributed by atoms with Gasteiger partial charge in [0.15, 0.2) is 0 Å². The van der Waals surface area contributed by atoms with E-state index in [-0.39, 0.29) is 23.6 Å². The number of benzene rings is 1. The van der Waals surface area contributed by atoms with Crippen LogP contribution in [0.1, 0.15) is 30.9 Å². The molecule has 0 bridgehead atoms. The number of nitrogens with two attached hydrogens (primary N) is 1. The van der Waals surface area contributed by atoms with E-state index in [1.54, 1.807) is 0 Å². The van der Waals surface area contributed by atoms with E-state index in [2.05, 4.69) is 4.90 Å². The van der Waals surface area contributed by atoms with Crippen LogP contribution < -0.4 is 5.73 Å². The number of hydrogen-bond acceptors (Lipinski definition) is 2. The molecule has 2 N–H and O–H groups in total. The minimum Gasteiger partial charge on any atom is -0.330 e. The second-order valence-electron chi connectivity index (χ2n) is 5.08. The molecule has 4 heteroatoms. The van der Waals surface area contributed by atoms with Crippen molar-refractivity contribution in [3.63, 3.8) is 0 Å². The van der Waals surface area contributed by atoms with E-state index in [0.29, 0.717) is 12.1 Å². The van der Waals surface area contributed by atoms with Crippen LogP contribution in [0.3, 0.4) is 0 Å². The Morgan fingerprint density at radius 3 is 2.83 bits per heavy atom. The monoisotopic (exact) mass is 254 g/mol. The van der Waals surface area contributed by atoms with Gasteiger partial charge in [-0.1, -0.05) is 6.42 Å². The summed E-state index contributed by atoms with van der Waals surface area (Å²) in [5, 5.41) is 0. The van der Waals surface area contributed by atoms with E-state index in [1.807, 2.05) is 7.05 Å². The molecule has 100 valence electrons. The van der Waals surface area contributed by atoms with Crippen molar-refractivity contribution in [3.8, 4) is 0 Å². The fraction of sp³-hybridized carbons (Fsp3) is 0.571. The molecular formula is C14H20F2N2. The Bertz CT molecular complexity index is 409. The van der Waals surface area contributed by atoms with Crippen LogP contribution in [0.4, 0.5) is 8.78 Å². The predicted molar refractivity (Wildman–Crippen MR) is 68.1 cm³/mol. The van der Waals surface area contributed by atoms with Crippen LogP contribution in [0.5, 0.6) is 0 Å². The summed E-state index contributed by atoms with van der Waals surface area (Å²) in [6, 6.07) is 3.56. The number of likely N-dealkylation sites (tertiary alicyclic amines) is 1.